The third kappa shape index (κ3) is 3.92. The Kier molecular flexibility index (Phi) is 5.69. The molecule has 0 spiro atoms. The highest BCUT2D eigenvalue weighted by atomic mass is 127. The molecular weight excluding hydrogens is 476 g/mol. The highest BCUT2D eigenvalue weighted by Gasteiger charge is 2.31. The van der Waals surface area contributed by atoms with Crippen LogP contribution in [0, 0.1) is 17.5 Å². The molecule has 1 aliphatic heterocycles. The summed E-state index contributed by atoms with van der Waals surface area (Å²) >= 11 is 1.93. The van der Waals surface area contributed by atoms with Gasteiger partial charge in [0.25, 0.3) is 6.43 Å². The largest absolute Gasteiger partial charge is 0.334 e. The number of alkyl halides is 2. The molecule has 0 aromatic heterocycles. The molecule has 27 heavy (non-hydrogen) atoms. The number of hydrogen-bond acceptors (Lipinski definition) is 1. The van der Waals surface area contributed by atoms with Crippen LogP contribution in [0.1, 0.15) is 11.1 Å². The van der Waals surface area contributed by atoms with Crippen molar-refractivity contribution >= 4 is 33.9 Å². The summed E-state index contributed by atoms with van der Waals surface area (Å²) in [4.78, 5) is 1.08. The quantitative estimate of drug-likeness (QED) is 0.356. The smallest absolute Gasteiger partial charge is 0.256 e. The molecule has 3 rings (SSSR count). The first-order valence-electron chi connectivity index (χ1n) is 7.86. The summed E-state index contributed by atoms with van der Waals surface area (Å²) in [6.07, 6.45) is -1.15. The fourth-order valence-electron chi connectivity index (χ4n) is 2.90. The number of nitrogens with zero attached hydrogens (tertiary/aromatic N) is 1. The summed E-state index contributed by atoms with van der Waals surface area (Å²) < 4.78 is 69.5. The second-order valence-corrected chi connectivity index (χ2v) is 6.98. The van der Waals surface area contributed by atoms with E-state index in [-0.39, 0.29) is 11.4 Å². The molecule has 1 aliphatic rings. The SMILES string of the molecule is C=C1C(I)=CC(c2ccccc2)=C(c2c(F)cc(F)cc2F)N1CC(F)F. The van der Waals surface area contributed by atoms with E-state index < -0.39 is 36.0 Å². The lowest BCUT2D eigenvalue weighted by Gasteiger charge is -2.34. The molecule has 0 amide bonds. The van der Waals surface area contributed by atoms with Gasteiger partial charge in [-0.25, -0.2) is 22.0 Å². The van der Waals surface area contributed by atoms with Gasteiger partial charge in [0.1, 0.15) is 17.5 Å². The minimum absolute atomic E-state index is 0.109. The summed E-state index contributed by atoms with van der Waals surface area (Å²) in [5.41, 5.74) is 0.432. The minimum atomic E-state index is -2.78. The third-order valence-electron chi connectivity index (χ3n) is 4.05. The molecule has 0 unspecified atom stereocenters. The Morgan fingerprint density at radius 1 is 1.00 bits per heavy atom. The molecular formula is C20H13F5IN. The number of benzene rings is 2. The Morgan fingerprint density at radius 2 is 1.59 bits per heavy atom. The van der Waals surface area contributed by atoms with Crippen LogP contribution in [0.3, 0.4) is 0 Å². The Balaban J connectivity index is 2.36. The van der Waals surface area contributed by atoms with E-state index in [4.69, 9.17) is 0 Å². The summed E-state index contributed by atoms with van der Waals surface area (Å²) in [5.74, 6) is -3.43. The molecule has 7 heteroatoms. The highest BCUT2D eigenvalue weighted by molar-refractivity contribution is 14.1. The van der Waals surface area contributed by atoms with E-state index in [1.54, 1.807) is 36.4 Å². The first-order chi connectivity index (χ1) is 12.8. The Labute approximate surface area is 166 Å². The second-order valence-electron chi connectivity index (χ2n) is 5.81. The molecule has 140 valence electrons. The Hall–Kier alpha value is -2.16. The zero-order chi connectivity index (χ0) is 19.7. The lowest BCUT2D eigenvalue weighted by atomic mass is 9.94. The van der Waals surface area contributed by atoms with Crippen molar-refractivity contribution in [1.29, 1.82) is 0 Å². The third-order valence-corrected chi connectivity index (χ3v) is 4.98. The Bertz CT molecular complexity index is 927. The van der Waals surface area contributed by atoms with Crippen LogP contribution in [0.2, 0.25) is 0 Å². The first kappa shape index (κ1) is 19.6. The second kappa shape index (κ2) is 7.84. The molecule has 0 saturated heterocycles. The fourth-order valence-corrected chi connectivity index (χ4v) is 3.51. The van der Waals surface area contributed by atoms with Gasteiger partial charge in [-0.05, 0) is 34.2 Å². The van der Waals surface area contributed by atoms with Crippen molar-refractivity contribution in [3.8, 4) is 0 Å². The van der Waals surface area contributed by atoms with E-state index in [2.05, 4.69) is 6.58 Å². The van der Waals surface area contributed by atoms with Crippen LogP contribution in [-0.4, -0.2) is 17.9 Å². The molecule has 0 bridgehead atoms. The maximum Gasteiger partial charge on any atom is 0.256 e. The van der Waals surface area contributed by atoms with Crippen molar-refractivity contribution in [2.75, 3.05) is 6.54 Å². The summed E-state index contributed by atoms with van der Waals surface area (Å²) in [7, 11) is 0. The molecule has 2 aromatic carbocycles. The predicted octanol–water partition coefficient (Wildman–Crippen LogP) is 6.39. The van der Waals surface area contributed by atoms with Crippen LogP contribution >= 0.6 is 22.6 Å². The van der Waals surface area contributed by atoms with Crippen molar-refractivity contribution < 1.29 is 22.0 Å². The summed E-state index contributed by atoms with van der Waals surface area (Å²) in [6, 6.07) is 9.66. The average molecular weight is 489 g/mol. The van der Waals surface area contributed by atoms with Gasteiger partial charge in [-0.1, -0.05) is 36.9 Å². The molecule has 1 nitrogen and oxygen atoms in total. The van der Waals surface area contributed by atoms with E-state index in [1.807, 2.05) is 22.6 Å². The molecule has 2 aromatic rings. The van der Waals surface area contributed by atoms with Gasteiger partial charge in [-0.2, -0.15) is 0 Å². The van der Waals surface area contributed by atoms with Gasteiger partial charge < -0.3 is 4.90 Å². The van der Waals surface area contributed by atoms with Crippen molar-refractivity contribution in [2.24, 2.45) is 0 Å². The van der Waals surface area contributed by atoms with Gasteiger partial charge in [-0.3, -0.25) is 0 Å². The monoisotopic (exact) mass is 489 g/mol. The van der Waals surface area contributed by atoms with Crippen LogP contribution in [0.15, 0.2) is 64.4 Å². The van der Waals surface area contributed by atoms with Gasteiger partial charge in [0.05, 0.1) is 17.8 Å². The molecule has 0 atom stereocenters. The van der Waals surface area contributed by atoms with Crippen molar-refractivity contribution in [1.82, 2.24) is 4.90 Å². The number of allylic oxidation sites excluding steroid dienone is 3. The fraction of sp³-hybridized carbons (Fsp3) is 0.100. The normalized spacial score (nSPS) is 14.9. The van der Waals surface area contributed by atoms with E-state index in [0.29, 0.717) is 26.8 Å². The predicted molar refractivity (Wildman–Crippen MR) is 104 cm³/mol. The van der Waals surface area contributed by atoms with Crippen molar-refractivity contribution in [3.63, 3.8) is 0 Å². The minimum Gasteiger partial charge on any atom is -0.334 e. The van der Waals surface area contributed by atoms with Crippen LogP contribution in [0.25, 0.3) is 11.3 Å². The number of hydrogen-bond donors (Lipinski definition) is 0. The van der Waals surface area contributed by atoms with Crippen molar-refractivity contribution in [2.45, 2.75) is 6.43 Å². The molecule has 0 saturated carbocycles. The van der Waals surface area contributed by atoms with Gasteiger partial charge in [0, 0.05) is 27.0 Å². The van der Waals surface area contributed by atoms with E-state index >= 15 is 0 Å². The van der Waals surface area contributed by atoms with Crippen LogP contribution in [0.4, 0.5) is 22.0 Å². The topological polar surface area (TPSA) is 3.24 Å². The number of rotatable bonds is 4. The molecule has 0 radical (unpaired) electrons. The summed E-state index contributed by atoms with van der Waals surface area (Å²) in [5, 5.41) is 0. The van der Waals surface area contributed by atoms with Crippen LogP contribution in [0.5, 0.6) is 0 Å². The van der Waals surface area contributed by atoms with Crippen LogP contribution < -0.4 is 0 Å². The maximum absolute atomic E-state index is 14.5. The van der Waals surface area contributed by atoms with Gasteiger partial charge >= 0.3 is 0 Å². The molecule has 0 N–H and O–H groups in total. The molecule has 0 aliphatic carbocycles. The molecule has 0 fully saturated rings. The zero-order valence-corrected chi connectivity index (χ0v) is 16.0. The van der Waals surface area contributed by atoms with E-state index in [1.165, 1.54) is 0 Å². The Morgan fingerprint density at radius 3 is 2.15 bits per heavy atom. The highest BCUT2D eigenvalue weighted by Crippen LogP contribution is 2.43. The maximum atomic E-state index is 14.5. The van der Waals surface area contributed by atoms with E-state index in [0.717, 1.165) is 4.90 Å². The number of halogens is 6. The van der Waals surface area contributed by atoms with Gasteiger partial charge in [0.2, 0.25) is 0 Å². The van der Waals surface area contributed by atoms with Gasteiger partial charge in [0.15, 0.2) is 0 Å². The van der Waals surface area contributed by atoms with Gasteiger partial charge in [-0.15, -0.1) is 0 Å². The molecule has 1 heterocycles. The summed E-state index contributed by atoms with van der Waals surface area (Å²) in [6.45, 7) is 2.97. The van der Waals surface area contributed by atoms with Crippen molar-refractivity contribution in [3.05, 3.63) is 93.0 Å². The van der Waals surface area contributed by atoms with Crippen LogP contribution in [-0.2, 0) is 0 Å². The zero-order valence-electron chi connectivity index (χ0n) is 13.8. The standard InChI is InChI=1S/C20H13F5IN/c1-11-17(26)9-14(12-5-3-2-4-6-12)20(27(11)10-18(24)25)19-15(22)7-13(21)8-16(19)23/h2-9,18H,1,10H2. The first-order valence-corrected chi connectivity index (χ1v) is 8.94. The van der Waals surface area contributed by atoms with E-state index in [9.17, 15) is 22.0 Å². The lowest BCUT2D eigenvalue weighted by molar-refractivity contribution is 0.123. The lowest BCUT2D eigenvalue weighted by Crippen LogP contribution is -2.30. The average Bonchev–Trinajstić information content (AvgIpc) is 2.60.